The Kier molecular flexibility index (Phi) is 3.41. The summed E-state index contributed by atoms with van der Waals surface area (Å²) in [6.07, 6.45) is -5.05. The molecular formula is C10H13F3N2O2S. The van der Waals surface area contributed by atoms with Crippen molar-refractivity contribution in [1.82, 2.24) is 4.98 Å². The van der Waals surface area contributed by atoms with Gasteiger partial charge in [-0.1, -0.05) is 0 Å². The Morgan fingerprint density at radius 1 is 1.33 bits per heavy atom. The second-order valence-corrected chi connectivity index (χ2v) is 5.19. The Balaban J connectivity index is 2.09. The molecule has 8 heteroatoms. The first kappa shape index (κ1) is 13.4. The van der Waals surface area contributed by atoms with E-state index in [1.54, 1.807) is 4.90 Å². The molecule has 0 aliphatic carbocycles. The number of halogens is 3. The maximum atomic E-state index is 12.7. The van der Waals surface area contributed by atoms with Gasteiger partial charge >= 0.3 is 6.18 Å². The molecule has 1 aromatic heterocycles. The van der Waals surface area contributed by atoms with Crippen LogP contribution in [0.4, 0.5) is 18.3 Å². The van der Waals surface area contributed by atoms with E-state index in [1.165, 1.54) is 16.7 Å². The zero-order valence-electron chi connectivity index (χ0n) is 9.44. The topological polar surface area (TPSA) is 56.6 Å². The lowest BCUT2D eigenvalue weighted by molar-refractivity contribution is -0.263. The highest BCUT2D eigenvalue weighted by atomic mass is 32.1. The standard InChI is InChI=1S/C10H13F3N2O2S/c11-10(12,13)9(17)2-1-4-15(5-3-9)8-14-7(16)6-18-8/h6,16-17H,1-5H2. The smallest absolute Gasteiger partial charge is 0.417 e. The summed E-state index contributed by atoms with van der Waals surface area (Å²) in [5.74, 6) is -0.134. The zero-order valence-corrected chi connectivity index (χ0v) is 10.3. The number of thiazole rings is 1. The predicted octanol–water partition coefficient (Wildman–Crippen LogP) is 2.13. The molecular weight excluding hydrogens is 269 g/mol. The van der Waals surface area contributed by atoms with Crippen LogP contribution in [0, 0.1) is 0 Å². The second-order valence-electron chi connectivity index (χ2n) is 4.36. The van der Waals surface area contributed by atoms with Crippen LogP contribution in [0.15, 0.2) is 5.38 Å². The molecule has 0 aromatic carbocycles. The molecule has 0 bridgehead atoms. The molecule has 1 aliphatic rings. The average Bonchev–Trinajstić information content (AvgIpc) is 2.57. The van der Waals surface area contributed by atoms with Crippen LogP contribution in [0.2, 0.25) is 0 Å². The van der Waals surface area contributed by atoms with Crippen molar-refractivity contribution in [2.45, 2.75) is 31.0 Å². The first-order chi connectivity index (χ1) is 8.32. The maximum Gasteiger partial charge on any atom is 0.417 e. The molecule has 0 saturated carbocycles. The molecule has 0 amide bonds. The maximum absolute atomic E-state index is 12.7. The quantitative estimate of drug-likeness (QED) is 0.828. The fourth-order valence-electron chi connectivity index (χ4n) is 2.00. The predicted molar refractivity (Wildman–Crippen MR) is 60.8 cm³/mol. The zero-order chi connectivity index (χ0) is 13.4. The van der Waals surface area contributed by atoms with Gasteiger partial charge in [0.15, 0.2) is 10.7 Å². The summed E-state index contributed by atoms with van der Waals surface area (Å²) in [6.45, 7) is 0.467. The normalized spacial score (nSPS) is 26.1. The Labute approximate surface area is 106 Å². The lowest BCUT2D eigenvalue weighted by atomic mass is 9.94. The molecule has 1 fully saturated rings. The van der Waals surface area contributed by atoms with Crippen molar-refractivity contribution in [3.63, 3.8) is 0 Å². The minimum Gasteiger partial charge on any atom is -0.493 e. The molecule has 2 heterocycles. The van der Waals surface area contributed by atoms with Crippen LogP contribution in [-0.2, 0) is 0 Å². The van der Waals surface area contributed by atoms with Gasteiger partial charge in [0.25, 0.3) is 0 Å². The third-order valence-electron chi connectivity index (χ3n) is 3.09. The molecule has 1 saturated heterocycles. The monoisotopic (exact) mass is 282 g/mol. The first-order valence-corrected chi connectivity index (χ1v) is 6.38. The molecule has 1 aromatic rings. The number of nitrogens with zero attached hydrogens (tertiary/aromatic N) is 2. The summed E-state index contributed by atoms with van der Waals surface area (Å²) in [7, 11) is 0. The van der Waals surface area contributed by atoms with Gasteiger partial charge in [0.05, 0.1) is 5.38 Å². The van der Waals surface area contributed by atoms with Gasteiger partial charge in [-0.25, -0.2) is 0 Å². The third kappa shape index (κ3) is 2.54. The van der Waals surface area contributed by atoms with Gasteiger partial charge in [0.1, 0.15) is 0 Å². The van der Waals surface area contributed by atoms with Crippen molar-refractivity contribution in [2.24, 2.45) is 0 Å². The number of hydrogen-bond donors (Lipinski definition) is 2. The van der Waals surface area contributed by atoms with E-state index in [-0.39, 0.29) is 31.7 Å². The Morgan fingerprint density at radius 3 is 2.61 bits per heavy atom. The highest BCUT2D eigenvalue weighted by Gasteiger charge is 2.53. The summed E-state index contributed by atoms with van der Waals surface area (Å²) in [4.78, 5) is 5.48. The molecule has 18 heavy (non-hydrogen) atoms. The third-order valence-corrected chi connectivity index (χ3v) is 3.98. The van der Waals surface area contributed by atoms with Gasteiger partial charge in [-0.05, 0) is 12.8 Å². The van der Waals surface area contributed by atoms with Gasteiger partial charge < -0.3 is 15.1 Å². The number of rotatable bonds is 1. The van der Waals surface area contributed by atoms with Gasteiger partial charge in [0.2, 0.25) is 5.88 Å². The Hall–Kier alpha value is -1.02. The Morgan fingerprint density at radius 2 is 2.06 bits per heavy atom. The largest absolute Gasteiger partial charge is 0.493 e. The number of aromatic hydroxyl groups is 1. The van der Waals surface area contributed by atoms with Crippen LogP contribution < -0.4 is 4.90 Å². The molecule has 102 valence electrons. The number of alkyl halides is 3. The highest BCUT2D eigenvalue weighted by Crippen LogP contribution is 2.39. The van der Waals surface area contributed by atoms with Gasteiger partial charge in [-0.2, -0.15) is 18.2 Å². The van der Waals surface area contributed by atoms with Crippen molar-refractivity contribution in [1.29, 1.82) is 0 Å². The van der Waals surface area contributed by atoms with E-state index < -0.39 is 11.8 Å². The molecule has 0 radical (unpaired) electrons. The lowest BCUT2D eigenvalue weighted by Crippen LogP contribution is -2.45. The van der Waals surface area contributed by atoms with Crippen LogP contribution in [0.5, 0.6) is 5.88 Å². The molecule has 1 unspecified atom stereocenters. The summed E-state index contributed by atoms with van der Waals surface area (Å²) in [6, 6.07) is 0. The molecule has 1 aliphatic heterocycles. The van der Waals surface area contributed by atoms with E-state index in [9.17, 15) is 18.3 Å². The van der Waals surface area contributed by atoms with E-state index in [2.05, 4.69) is 4.98 Å². The van der Waals surface area contributed by atoms with Gasteiger partial charge in [-0.3, -0.25) is 0 Å². The first-order valence-electron chi connectivity index (χ1n) is 5.50. The minimum atomic E-state index is -4.60. The molecule has 2 N–H and O–H groups in total. The fraction of sp³-hybridized carbons (Fsp3) is 0.700. The molecule has 1 atom stereocenters. The van der Waals surface area contributed by atoms with Crippen molar-refractivity contribution >= 4 is 16.5 Å². The van der Waals surface area contributed by atoms with E-state index in [0.717, 1.165) is 0 Å². The summed E-state index contributed by atoms with van der Waals surface area (Å²) >= 11 is 1.17. The van der Waals surface area contributed by atoms with Gasteiger partial charge in [-0.15, -0.1) is 11.3 Å². The van der Waals surface area contributed by atoms with Crippen LogP contribution in [-0.4, -0.2) is 40.1 Å². The molecule has 4 nitrogen and oxygen atoms in total. The van der Waals surface area contributed by atoms with E-state index in [0.29, 0.717) is 11.7 Å². The van der Waals surface area contributed by atoms with Crippen molar-refractivity contribution in [3.05, 3.63) is 5.38 Å². The molecule has 2 rings (SSSR count). The fourth-order valence-corrected chi connectivity index (χ4v) is 2.74. The number of anilines is 1. The SMILES string of the molecule is Oc1csc(N2CCCC(O)(C(F)(F)F)CC2)n1. The summed E-state index contributed by atoms with van der Waals surface area (Å²) in [5.41, 5.74) is -2.61. The van der Waals surface area contributed by atoms with Crippen LogP contribution in [0.3, 0.4) is 0 Å². The highest BCUT2D eigenvalue weighted by molar-refractivity contribution is 7.13. The van der Waals surface area contributed by atoms with Crippen molar-refractivity contribution < 1.29 is 23.4 Å². The lowest BCUT2D eigenvalue weighted by Gasteiger charge is -2.29. The van der Waals surface area contributed by atoms with E-state index >= 15 is 0 Å². The summed E-state index contributed by atoms with van der Waals surface area (Å²) in [5, 5.41) is 20.7. The molecule has 0 spiro atoms. The van der Waals surface area contributed by atoms with Crippen LogP contribution >= 0.6 is 11.3 Å². The van der Waals surface area contributed by atoms with E-state index in [4.69, 9.17) is 5.11 Å². The number of aromatic nitrogens is 1. The van der Waals surface area contributed by atoms with Gasteiger partial charge in [0, 0.05) is 19.5 Å². The van der Waals surface area contributed by atoms with E-state index in [1.807, 2.05) is 0 Å². The number of hydrogen-bond acceptors (Lipinski definition) is 5. The van der Waals surface area contributed by atoms with Crippen LogP contribution in [0.1, 0.15) is 19.3 Å². The summed E-state index contributed by atoms with van der Waals surface area (Å²) < 4.78 is 38.2. The van der Waals surface area contributed by atoms with Crippen molar-refractivity contribution in [3.8, 4) is 5.88 Å². The number of aliphatic hydroxyl groups is 1. The van der Waals surface area contributed by atoms with Crippen LogP contribution in [0.25, 0.3) is 0 Å². The average molecular weight is 282 g/mol. The minimum absolute atomic E-state index is 0.0724. The van der Waals surface area contributed by atoms with Crippen molar-refractivity contribution in [2.75, 3.05) is 18.0 Å². The Bertz CT molecular complexity index is 424. The second kappa shape index (κ2) is 4.58.